The molecule has 0 aliphatic carbocycles. The molecule has 1 aliphatic heterocycles. The second kappa shape index (κ2) is 6.74. The summed E-state index contributed by atoms with van der Waals surface area (Å²) in [4.78, 5) is 11.7. The number of hydrogen-bond acceptors (Lipinski definition) is 5. The number of anilines is 1. The number of fused-ring (bicyclic) bond motifs is 1. The number of methoxy groups -OCH3 is 1. The van der Waals surface area contributed by atoms with Crippen LogP contribution in [0.25, 0.3) is 0 Å². The maximum Gasteiger partial charge on any atom is 0.348 e. The van der Waals surface area contributed by atoms with E-state index in [0.717, 1.165) is 4.31 Å². The largest absolute Gasteiger partial charge is 0.475 e. The Bertz CT molecular complexity index is 932. The number of esters is 1. The van der Waals surface area contributed by atoms with Crippen LogP contribution in [0.3, 0.4) is 0 Å². The highest BCUT2D eigenvalue weighted by molar-refractivity contribution is 7.93. The summed E-state index contributed by atoms with van der Waals surface area (Å²) in [5.41, 5.74) is 0.304. The number of benzene rings is 2. The molecule has 0 saturated carbocycles. The van der Waals surface area contributed by atoms with E-state index in [1.165, 1.54) is 25.3 Å². The number of carbonyl (C=O) groups is 1. The van der Waals surface area contributed by atoms with Crippen molar-refractivity contribution in [2.24, 2.45) is 0 Å². The Balaban J connectivity index is 2.13. The average molecular weight is 402 g/mol. The quantitative estimate of drug-likeness (QED) is 0.738. The minimum absolute atomic E-state index is 0.0305. The summed E-state index contributed by atoms with van der Waals surface area (Å²) >= 11 is 12.0. The zero-order valence-corrected chi connectivity index (χ0v) is 15.3. The molecule has 0 bridgehead atoms. The molecule has 2 aromatic rings. The molecule has 132 valence electrons. The highest BCUT2D eigenvalue weighted by Gasteiger charge is 2.38. The van der Waals surface area contributed by atoms with Gasteiger partial charge in [0.15, 0.2) is 0 Å². The molecule has 9 heteroatoms. The monoisotopic (exact) mass is 401 g/mol. The average Bonchev–Trinajstić information content (AvgIpc) is 2.61. The molecule has 1 heterocycles. The molecule has 0 saturated heterocycles. The predicted molar refractivity (Wildman–Crippen MR) is 93.9 cm³/mol. The van der Waals surface area contributed by atoms with Crippen LogP contribution in [0.1, 0.15) is 0 Å². The summed E-state index contributed by atoms with van der Waals surface area (Å²) in [6.07, 6.45) is -1.09. The molecule has 0 amide bonds. The number of nitrogens with zero attached hydrogens (tertiary/aromatic N) is 1. The smallest absolute Gasteiger partial charge is 0.348 e. The van der Waals surface area contributed by atoms with Crippen LogP contribution in [-0.4, -0.2) is 34.1 Å². The van der Waals surface area contributed by atoms with Gasteiger partial charge < -0.3 is 9.47 Å². The Hall–Kier alpha value is -1.96. The molecule has 25 heavy (non-hydrogen) atoms. The van der Waals surface area contributed by atoms with Gasteiger partial charge in [0.25, 0.3) is 10.0 Å². The number of para-hydroxylation sites is 2. The number of rotatable bonds is 3. The van der Waals surface area contributed by atoms with Gasteiger partial charge in [-0.2, -0.15) is 0 Å². The van der Waals surface area contributed by atoms with E-state index in [9.17, 15) is 13.2 Å². The van der Waals surface area contributed by atoms with Crippen molar-refractivity contribution >= 4 is 44.9 Å². The molecule has 0 spiro atoms. The van der Waals surface area contributed by atoms with Gasteiger partial charge in [-0.1, -0.05) is 35.3 Å². The van der Waals surface area contributed by atoms with Crippen LogP contribution in [0.5, 0.6) is 5.75 Å². The molecule has 1 aliphatic rings. The summed E-state index contributed by atoms with van der Waals surface area (Å²) in [5.74, 6) is -0.419. The Labute approximate surface area is 154 Å². The maximum atomic E-state index is 13.2. The topological polar surface area (TPSA) is 72.9 Å². The summed E-state index contributed by atoms with van der Waals surface area (Å²) < 4.78 is 37.6. The Morgan fingerprint density at radius 3 is 2.68 bits per heavy atom. The zero-order chi connectivity index (χ0) is 18.2. The van der Waals surface area contributed by atoms with Crippen molar-refractivity contribution in [2.45, 2.75) is 11.0 Å². The van der Waals surface area contributed by atoms with Crippen molar-refractivity contribution in [3.05, 3.63) is 52.5 Å². The highest BCUT2D eigenvalue weighted by atomic mass is 35.5. The van der Waals surface area contributed by atoms with Crippen LogP contribution in [-0.2, 0) is 19.6 Å². The molecule has 1 atom stereocenters. The fourth-order valence-corrected chi connectivity index (χ4v) is 4.69. The first kappa shape index (κ1) is 17.8. The first-order valence-electron chi connectivity index (χ1n) is 7.16. The lowest BCUT2D eigenvalue weighted by molar-refractivity contribution is -0.148. The molecule has 0 aromatic heterocycles. The summed E-state index contributed by atoms with van der Waals surface area (Å²) in [6.45, 7) is -0.241. The van der Waals surface area contributed by atoms with Gasteiger partial charge in [-0.15, -0.1) is 0 Å². The van der Waals surface area contributed by atoms with Crippen molar-refractivity contribution in [1.82, 2.24) is 0 Å². The van der Waals surface area contributed by atoms with Gasteiger partial charge in [0.1, 0.15) is 10.6 Å². The van der Waals surface area contributed by atoms with Gasteiger partial charge in [0, 0.05) is 5.02 Å². The fraction of sp³-hybridized carbons (Fsp3) is 0.188. The zero-order valence-electron chi connectivity index (χ0n) is 13.0. The molecule has 0 radical (unpaired) electrons. The van der Waals surface area contributed by atoms with E-state index in [-0.39, 0.29) is 27.2 Å². The highest BCUT2D eigenvalue weighted by Crippen LogP contribution is 2.38. The first-order valence-corrected chi connectivity index (χ1v) is 9.35. The van der Waals surface area contributed by atoms with E-state index in [4.69, 9.17) is 27.9 Å². The van der Waals surface area contributed by atoms with E-state index in [1.54, 1.807) is 24.3 Å². The van der Waals surface area contributed by atoms with Crippen LogP contribution < -0.4 is 9.04 Å². The standard InChI is InChI=1S/C16H13Cl2NO5S/c1-23-16(20)14-9-19(12-4-2-3-5-13(12)24-14)25(21,22)15-8-10(17)6-7-11(15)18/h2-8,14H,9H2,1H3. The van der Waals surface area contributed by atoms with Crippen molar-refractivity contribution in [2.75, 3.05) is 18.0 Å². The molecular weight excluding hydrogens is 389 g/mol. The fourth-order valence-electron chi connectivity index (χ4n) is 2.48. The SMILES string of the molecule is COC(=O)C1CN(S(=O)(=O)c2cc(Cl)ccc2Cl)c2ccccc2O1. The van der Waals surface area contributed by atoms with Gasteiger partial charge in [-0.3, -0.25) is 4.31 Å². The van der Waals surface area contributed by atoms with Gasteiger partial charge in [0.05, 0.1) is 24.4 Å². The van der Waals surface area contributed by atoms with Crippen LogP contribution >= 0.6 is 23.2 Å². The number of ether oxygens (including phenoxy) is 2. The molecule has 1 unspecified atom stereocenters. The number of hydrogen-bond donors (Lipinski definition) is 0. The van der Waals surface area contributed by atoms with Gasteiger partial charge in [-0.05, 0) is 30.3 Å². The number of carbonyl (C=O) groups excluding carboxylic acids is 1. The third kappa shape index (κ3) is 3.27. The van der Waals surface area contributed by atoms with Crippen molar-refractivity contribution in [1.29, 1.82) is 0 Å². The predicted octanol–water partition coefficient (Wildman–Crippen LogP) is 3.12. The lowest BCUT2D eigenvalue weighted by atomic mass is 10.2. The molecule has 3 rings (SSSR count). The van der Waals surface area contributed by atoms with Gasteiger partial charge in [-0.25, -0.2) is 13.2 Å². The van der Waals surface area contributed by atoms with Crippen LogP contribution in [0.15, 0.2) is 47.4 Å². The Kier molecular flexibility index (Phi) is 4.81. The second-order valence-electron chi connectivity index (χ2n) is 5.21. The summed E-state index contributed by atoms with van der Waals surface area (Å²) in [5, 5.41) is 0.261. The van der Waals surface area contributed by atoms with Crippen LogP contribution in [0.4, 0.5) is 5.69 Å². The van der Waals surface area contributed by atoms with Gasteiger partial charge >= 0.3 is 5.97 Å². The van der Waals surface area contributed by atoms with E-state index in [1.807, 2.05) is 0 Å². The molecule has 0 fully saturated rings. The number of sulfonamides is 1. The minimum atomic E-state index is -4.07. The van der Waals surface area contributed by atoms with E-state index >= 15 is 0 Å². The van der Waals surface area contributed by atoms with Crippen LogP contribution in [0.2, 0.25) is 10.0 Å². The lowest BCUT2D eigenvalue weighted by Crippen LogP contribution is -2.47. The summed E-state index contributed by atoms with van der Waals surface area (Å²) in [7, 11) is -2.87. The molecule has 0 N–H and O–H groups in total. The minimum Gasteiger partial charge on any atom is -0.475 e. The second-order valence-corrected chi connectivity index (χ2v) is 7.88. The third-order valence-corrected chi connectivity index (χ3v) is 6.16. The lowest BCUT2D eigenvalue weighted by Gasteiger charge is -2.34. The van der Waals surface area contributed by atoms with E-state index in [2.05, 4.69) is 4.74 Å². The van der Waals surface area contributed by atoms with Crippen molar-refractivity contribution < 1.29 is 22.7 Å². The Morgan fingerprint density at radius 1 is 1.24 bits per heavy atom. The van der Waals surface area contributed by atoms with Gasteiger partial charge in [0.2, 0.25) is 6.10 Å². The normalized spacial score (nSPS) is 16.8. The van der Waals surface area contributed by atoms with Crippen molar-refractivity contribution in [3.8, 4) is 5.75 Å². The first-order chi connectivity index (χ1) is 11.8. The Morgan fingerprint density at radius 2 is 1.96 bits per heavy atom. The number of halogens is 2. The maximum absolute atomic E-state index is 13.2. The van der Waals surface area contributed by atoms with E-state index < -0.39 is 22.1 Å². The summed E-state index contributed by atoms with van der Waals surface area (Å²) in [6, 6.07) is 10.7. The third-order valence-electron chi connectivity index (χ3n) is 3.66. The molecule has 6 nitrogen and oxygen atoms in total. The molecular formula is C16H13Cl2NO5S. The van der Waals surface area contributed by atoms with Crippen molar-refractivity contribution in [3.63, 3.8) is 0 Å². The molecule has 2 aromatic carbocycles. The van der Waals surface area contributed by atoms with E-state index in [0.29, 0.717) is 5.69 Å². The van der Waals surface area contributed by atoms with Crippen LogP contribution in [0, 0.1) is 0 Å².